The van der Waals surface area contributed by atoms with Crippen molar-refractivity contribution in [1.29, 1.82) is 0 Å². The zero-order valence-electron chi connectivity index (χ0n) is 9.78. The van der Waals surface area contributed by atoms with Gasteiger partial charge in [0.15, 0.2) is 5.82 Å². The van der Waals surface area contributed by atoms with Crippen molar-refractivity contribution >= 4 is 11.3 Å². The van der Waals surface area contributed by atoms with Crippen molar-refractivity contribution in [2.45, 2.75) is 0 Å². The highest BCUT2D eigenvalue weighted by Gasteiger charge is 2.15. The molecule has 0 fully saturated rings. The first-order valence-corrected chi connectivity index (χ1v) is 5.43. The van der Waals surface area contributed by atoms with Crippen LogP contribution in [-0.2, 0) is 0 Å². The first kappa shape index (κ1) is 12.0. The minimum Gasteiger partial charge on any atom is -0.299 e. The molecule has 0 unspecified atom stereocenters. The van der Waals surface area contributed by atoms with Gasteiger partial charge in [0.05, 0.1) is 11.1 Å². The Labute approximate surface area is 109 Å². The number of fused-ring (bicyclic) bond motifs is 1. The maximum atomic E-state index is 13.2. The molecule has 0 saturated heterocycles. The SMILES string of the molecule is O=c1[nH]c(-c2cnc3ccc(F)cn23)ncc1[N+](=O)[O-]. The van der Waals surface area contributed by atoms with E-state index in [1.165, 1.54) is 28.9 Å². The third kappa shape index (κ3) is 1.81. The van der Waals surface area contributed by atoms with E-state index in [2.05, 4.69) is 15.0 Å². The van der Waals surface area contributed by atoms with Crippen LogP contribution in [-0.4, -0.2) is 24.3 Å². The minimum atomic E-state index is -0.883. The summed E-state index contributed by atoms with van der Waals surface area (Å²) in [6.45, 7) is 0. The quantitative estimate of drug-likeness (QED) is 0.557. The number of nitro groups is 1. The van der Waals surface area contributed by atoms with E-state index < -0.39 is 22.0 Å². The Balaban J connectivity index is 2.21. The lowest BCUT2D eigenvalue weighted by atomic mass is 10.4. The number of imidazole rings is 1. The number of aromatic amines is 1. The third-order valence-electron chi connectivity index (χ3n) is 2.69. The van der Waals surface area contributed by atoms with E-state index in [1.54, 1.807) is 0 Å². The average Bonchev–Trinajstić information content (AvgIpc) is 2.81. The molecular formula is C11H6FN5O3. The Morgan fingerprint density at radius 3 is 2.80 bits per heavy atom. The summed E-state index contributed by atoms with van der Waals surface area (Å²) in [6.07, 6.45) is 3.42. The maximum absolute atomic E-state index is 13.2. The van der Waals surface area contributed by atoms with Gasteiger partial charge in [0.25, 0.3) is 0 Å². The van der Waals surface area contributed by atoms with Gasteiger partial charge in [-0.3, -0.25) is 24.3 Å². The summed E-state index contributed by atoms with van der Waals surface area (Å²) < 4.78 is 14.6. The number of hydrogen-bond acceptors (Lipinski definition) is 5. The number of hydrogen-bond donors (Lipinski definition) is 1. The van der Waals surface area contributed by atoms with Crippen molar-refractivity contribution in [3.05, 3.63) is 57.0 Å². The highest BCUT2D eigenvalue weighted by Crippen LogP contribution is 2.17. The monoisotopic (exact) mass is 275 g/mol. The zero-order chi connectivity index (χ0) is 14.3. The van der Waals surface area contributed by atoms with Crippen LogP contribution in [0.3, 0.4) is 0 Å². The van der Waals surface area contributed by atoms with Crippen LogP contribution in [0.25, 0.3) is 17.2 Å². The van der Waals surface area contributed by atoms with Gasteiger partial charge in [-0.05, 0) is 12.1 Å². The Morgan fingerprint density at radius 1 is 1.30 bits per heavy atom. The molecule has 100 valence electrons. The van der Waals surface area contributed by atoms with Gasteiger partial charge in [-0.15, -0.1) is 0 Å². The Bertz CT molecular complexity index is 885. The number of aromatic nitrogens is 4. The fourth-order valence-corrected chi connectivity index (χ4v) is 1.78. The molecule has 0 spiro atoms. The lowest BCUT2D eigenvalue weighted by Crippen LogP contribution is -2.13. The number of nitrogens with zero attached hydrogens (tertiary/aromatic N) is 4. The molecule has 1 N–H and O–H groups in total. The van der Waals surface area contributed by atoms with Crippen LogP contribution < -0.4 is 5.56 Å². The van der Waals surface area contributed by atoms with Crippen molar-refractivity contribution in [3.8, 4) is 11.5 Å². The molecule has 0 amide bonds. The zero-order valence-corrected chi connectivity index (χ0v) is 9.78. The highest BCUT2D eigenvalue weighted by molar-refractivity contribution is 5.57. The Hall–Kier alpha value is -3.10. The minimum absolute atomic E-state index is 0.0682. The number of pyridine rings is 1. The van der Waals surface area contributed by atoms with Crippen LogP contribution in [0.4, 0.5) is 10.1 Å². The van der Waals surface area contributed by atoms with Crippen LogP contribution in [0, 0.1) is 15.9 Å². The van der Waals surface area contributed by atoms with Crippen LogP contribution in [0.5, 0.6) is 0 Å². The summed E-state index contributed by atoms with van der Waals surface area (Å²) in [6, 6.07) is 2.71. The number of nitrogens with one attached hydrogen (secondary N) is 1. The molecule has 9 heteroatoms. The van der Waals surface area contributed by atoms with Gasteiger partial charge in [-0.25, -0.2) is 14.4 Å². The van der Waals surface area contributed by atoms with Gasteiger partial charge in [0.1, 0.15) is 23.4 Å². The molecule has 3 heterocycles. The molecule has 20 heavy (non-hydrogen) atoms. The molecule has 3 rings (SSSR count). The second-order valence-corrected chi connectivity index (χ2v) is 3.92. The fraction of sp³-hybridized carbons (Fsp3) is 0. The molecule has 0 aliphatic carbocycles. The first-order chi connectivity index (χ1) is 9.56. The van der Waals surface area contributed by atoms with Gasteiger partial charge < -0.3 is 0 Å². The molecule has 0 bridgehead atoms. The second-order valence-electron chi connectivity index (χ2n) is 3.92. The smallest absolute Gasteiger partial charge is 0.299 e. The van der Waals surface area contributed by atoms with Crippen molar-refractivity contribution in [2.75, 3.05) is 0 Å². The lowest BCUT2D eigenvalue weighted by Gasteiger charge is -2.00. The largest absolute Gasteiger partial charge is 0.351 e. The highest BCUT2D eigenvalue weighted by atomic mass is 19.1. The summed E-state index contributed by atoms with van der Waals surface area (Å²) in [5.74, 6) is -0.417. The lowest BCUT2D eigenvalue weighted by molar-refractivity contribution is -0.386. The van der Waals surface area contributed by atoms with E-state index in [-0.39, 0.29) is 5.82 Å². The summed E-state index contributed by atoms with van der Waals surface area (Å²) >= 11 is 0. The molecule has 3 aromatic heterocycles. The number of halogens is 1. The molecule has 0 atom stereocenters. The Morgan fingerprint density at radius 2 is 2.10 bits per heavy atom. The molecule has 0 radical (unpaired) electrons. The predicted octanol–water partition coefficient (Wildman–Crippen LogP) is 1.13. The van der Waals surface area contributed by atoms with Crippen molar-refractivity contribution in [2.24, 2.45) is 0 Å². The van der Waals surface area contributed by atoms with E-state index >= 15 is 0 Å². The van der Waals surface area contributed by atoms with Gasteiger partial charge >= 0.3 is 11.2 Å². The van der Waals surface area contributed by atoms with Gasteiger partial charge in [0, 0.05) is 6.20 Å². The third-order valence-corrected chi connectivity index (χ3v) is 2.69. The van der Waals surface area contributed by atoms with Crippen LogP contribution in [0.2, 0.25) is 0 Å². The topological polar surface area (TPSA) is 106 Å². The first-order valence-electron chi connectivity index (χ1n) is 5.43. The van der Waals surface area contributed by atoms with Crippen molar-refractivity contribution < 1.29 is 9.31 Å². The van der Waals surface area contributed by atoms with E-state index in [0.717, 1.165) is 6.20 Å². The van der Waals surface area contributed by atoms with Crippen molar-refractivity contribution in [1.82, 2.24) is 19.4 Å². The maximum Gasteiger partial charge on any atom is 0.351 e. The van der Waals surface area contributed by atoms with Crippen LogP contribution in [0.15, 0.2) is 35.5 Å². The van der Waals surface area contributed by atoms with E-state index in [4.69, 9.17) is 0 Å². The van der Waals surface area contributed by atoms with E-state index in [0.29, 0.717) is 11.3 Å². The summed E-state index contributed by atoms with van der Waals surface area (Å²) in [7, 11) is 0. The summed E-state index contributed by atoms with van der Waals surface area (Å²) in [4.78, 5) is 31.4. The molecule has 0 aliphatic heterocycles. The van der Waals surface area contributed by atoms with Crippen LogP contribution in [0.1, 0.15) is 0 Å². The predicted molar refractivity (Wildman–Crippen MR) is 65.7 cm³/mol. The Kier molecular flexibility index (Phi) is 2.53. The summed E-state index contributed by atoms with van der Waals surface area (Å²) in [5, 5.41) is 10.6. The van der Waals surface area contributed by atoms with Gasteiger partial charge in [-0.2, -0.15) is 0 Å². The number of H-pyrrole nitrogens is 1. The van der Waals surface area contributed by atoms with E-state index in [1.807, 2.05) is 0 Å². The second kappa shape index (κ2) is 4.23. The van der Waals surface area contributed by atoms with Crippen molar-refractivity contribution in [3.63, 3.8) is 0 Å². The van der Waals surface area contributed by atoms with Gasteiger partial charge in [0.2, 0.25) is 0 Å². The number of rotatable bonds is 2. The van der Waals surface area contributed by atoms with E-state index in [9.17, 15) is 19.3 Å². The molecule has 0 aliphatic rings. The summed E-state index contributed by atoms with van der Waals surface area (Å²) in [5.41, 5.74) is -0.756. The van der Waals surface area contributed by atoms with Gasteiger partial charge in [-0.1, -0.05) is 0 Å². The molecule has 8 nitrogen and oxygen atoms in total. The normalized spacial score (nSPS) is 10.8. The molecular weight excluding hydrogens is 269 g/mol. The molecule has 3 aromatic rings. The standard InChI is InChI=1S/C11H6FN5O3/c12-6-1-2-9-13-3-7(16(9)5-6)10-14-4-8(17(19)20)11(18)15-10/h1-5H,(H,14,15,18). The average molecular weight is 275 g/mol. The fourth-order valence-electron chi connectivity index (χ4n) is 1.78. The molecule has 0 aromatic carbocycles. The molecule has 0 saturated carbocycles. The van der Waals surface area contributed by atoms with Crippen LogP contribution >= 0.6 is 0 Å².